The SMILES string of the molecule is [B]C1([B]C)CCCCC(C)(C(C)C)CCCC1. The first-order valence-electron chi connectivity index (χ1n) is 7.51. The Balaban J connectivity index is 2.56. The average molecular weight is 231 g/mol. The monoisotopic (exact) mass is 231 g/mol. The Morgan fingerprint density at radius 2 is 1.35 bits per heavy atom. The van der Waals surface area contributed by atoms with Crippen LogP contribution in [0.5, 0.6) is 0 Å². The lowest BCUT2D eigenvalue weighted by molar-refractivity contribution is 0.164. The molecule has 95 valence electrons. The smallest absolute Gasteiger partial charge is 0.0922 e. The van der Waals surface area contributed by atoms with E-state index in [2.05, 4.69) is 34.9 Å². The minimum Gasteiger partial charge on any atom is -0.0922 e. The summed E-state index contributed by atoms with van der Waals surface area (Å²) in [6.07, 6.45) is 10.4. The molecule has 1 fully saturated rings. The molecule has 0 N–H and O–H groups in total. The van der Waals surface area contributed by atoms with Crippen molar-refractivity contribution in [2.75, 3.05) is 0 Å². The van der Waals surface area contributed by atoms with Gasteiger partial charge in [0, 0.05) is 0 Å². The van der Waals surface area contributed by atoms with E-state index in [1.165, 1.54) is 51.4 Å². The van der Waals surface area contributed by atoms with Crippen LogP contribution >= 0.6 is 0 Å². The zero-order valence-corrected chi connectivity index (χ0v) is 12.4. The highest BCUT2D eigenvalue weighted by molar-refractivity contribution is 6.52. The second-order valence-electron chi connectivity index (χ2n) is 6.74. The molecule has 0 aromatic carbocycles. The van der Waals surface area contributed by atoms with Crippen molar-refractivity contribution < 1.29 is 0 Å². The summed E-state index contributed by atoms with van der Waals surface area (Å²) < 4.78 is 0. The van der Waals surface area contributed by atoms with E-state index >= 15 is 0 Å². The maximum Gasteiger partial charge on any atom is 0.103 e. The van der Waals surface area contributed by atoms with Crippen molar-refractivity contribution in [3.8, 4) is 0 Å². The van der Waals surface area contributed by atoms with Crippen LogP contribution in [0.2, 0.25) is 12.0 Å². The van der Waals surface area contributed by atoms with Gasteiger partial charge in [-0.3, -0.25) is 0 Å². The van der Waals surface area contributed by atoms with Crippen LogP contribution in [0.4, 0.5) is 0 Å². The van der Waals surface area contributed by atoms with Crippen LogP contribution in [0.3, 0.4) is 0 Å². The molecular formula is C15H29B2. The molecule has 0 nitrogen and oxygen atoms in total. The van der Waals surface area contributed by atoms with Gasteiger partial charge in [0.25, 0.3) is 0 Å². The molecule has 17 heavy (non-hydrogen) atoms. The highest BCUT2D eigenvalue weighted by atomic mass is 14.3. The first kappa shape index (κ1) is 15.2. The Hall–Kier alpha value is 0.130. The topological polar surface area (TPSA) is 0 Å². The number of hydrogen-bond acceptors (Lipinski definition) is 0. The van der Waals surface area contributed by atoms with E-state index in [1.54, 1.807) is 0 Å². The third-order valence-corrected chi connectivity index (χ3v) is 5.25. The molecule has 1 saturated carbocycles. The van der Waals surface area contributed by atoms with Gasteiger partial charge in [-0.15, -0.1) is 0 Å². The summed E-state index contributed by atoms with van der Waals surface area (Å²) in [5.41, 5.74) is 0.560. The summed E-state index contributed by atoms with van der Waals surface area (Å²) in [6, 6.07) is 0. The van der Waals surface area contributed by atoms with E-state index < -0.39 is 0 Å². The van der Waals surface area contributed by atoms with Crippen molar-refractivity contribution in [1.29, 1.82) is 0 Å². The average Bonchev–Trinajstić information content (AvgIpc) is 2.30. The minimum absolute atomic E-state index is 0.0194. The predicted octanol–water partition coefficient (Wildman–Crippen LogP) is 4.82. The highest BCUT2D eigenvalue weighted by Crippen LogP contribution is 2.42. The molecule has 0 saturated heterocycles. The van der Waals surface area contributed by atoms with Crippen molar-refractivity contribution in [3.63, 3.8) is 0 Å². The molecule has 1 rings (SSSR count). The number of hydrogen-bond donors (Lipinski definition) is 0. The van der Waals surface area contributed by atoms with Gasteiger partial charge in [-0.25, -0.2) is 0 Å². The summed E-state index contributed by atoms with van der Waals surface area (Å²) in [6.45, 7) is 9.39. The van der Waals surface area contributed by atoms with Gasteiger partial charge < -0.3 is 0 Å². The first-order valence-corrected chi connectivity index (χ1v) is 7.51. The van der Waals surface area contributed by atoms with Crippen molar-refractivity contribution in [3.05, 3.63) is 0 Å². The molecule has 0 spiro atoms. The zero-order chi connectivity index (χ0) is 12.9. The Morgan fingerprint density at radius 1 is 0.941 bits per heavy atom. The fourth-order valence-electron chi connectivity index (χ4n) is 3.08. The van der Waals surface area contributed by atoms with Crippen molar-refractivity contribution in [2.24, 2.45) is 11.3 Å². The molecule has 1 aliphatic carbocycles. The maximum absolute atomic E-state index is 6.42. The van der Waals surface area contributed by atoms with Gasteiger partial charge in [0.05, 0.1) is 7.85 Å². The Morgan fingerprint density at radius 3 is 1.71 bits per heavy atom. The third-order valence-electron chi connectivity index (χ3n) is 5.25. The van der Waals surface area contributed by atoms with Crippen molar-refractivity contribution >= 4 is 15.1 Å². The lowest BCUT2D eigenvalue weighted by atomic mass is 9.40. The Bertz CT molecular complexity index is 211. The molecule has 0 aliphatic heterocycles. The lowest BCUT2D eigenvalue weighted by Crippen LogP contribution is -2.26. The van der Waals surface area contributed by atoms with Crippen LogP contribution < -0.4 is 0 Å². The Kier molecular flexibility index (Phi) is 5.67. The van der Waals surface area contributed by atoms with Crippen LogP contribution in [0, 0.1) is 11.3 Å². The van der Waals surface area contributed by atoms with Gasteiger partial charge in [-0.05, 0) is 24.2 Å². The maximum atomic E-state index is 6.42. The largest absolute Gasteiger partial charge is 0.103 e. The zero-order valence-electron chi connectivity index (χ0n) is 12.4. The fraction of sp³-hybridized carbons (Fsp3) is 1.00. The summed E-state index contributed by atoms with van der Waals surface area (Å²) >= 11 is 0. The highest BCUT2D eigenvalue weighted by Gasteiger charge is 2.29. The van der Waals surface area contributed by atoms with E-state index in [-0.39, 0.29) is 5.21 Å². The quantitative estimate of drug-likeness (QED) is 0.597. The van der Waals surface area contributed by atoms with Gasteiger partial charge >= 0.3 is 0 Å². The summed E-state index contributed by atoms with van der Waals surface area (Å²) in [7, 11) is 8.65. The van der Waals surface area contributed by atoms with Crippen LogP contribution in [0.15, 0.2) is 0 Å². The molecule has 0 unspecified atom stereocenters. The molecule has 0 amide bonds. The van der Waals surface area contributed by atoms with Crippen LogP contribution in [0.25, 0.3) is 0 Å². The van der Waals surface area contributed by atoms with Gasteiger partial charge in [0.2, 0.25) is 0 Å². The molecule has 0 atom stereocenters. The molecule has 0 heterocycles. The van der Waals surface area contributed by atoms with E-state index in [9.17, 15) is 0 Å². The van der Waals surface area contributed by atoms with Gasteiger partial charge in [0.15, 0.2) is 0 Å². The molecule has 2 heteroatoms. The van der Waals surface area contributed by atoms with Gasteiger partial charge in [0.1, 0.15) is 7.28 Å². The predicted molar refractivity (Wildman–Crippen MR) is 79.9 cm³/mol. The fourth-order valence-corrected chi connectivity index (χ4v) is 3.08. The van der Waals surface area contributed by atoms with Gasteiger partial charge in [-0.1, -0.05) is 71.3 Å². The molecule has 1 aliphatic rings. The standard InChI is InChI=1S/C15H29B2/c1-13(2)14(3)9-5-7-11-15(16,17-4)12-8-6-10-14/h13H,5-12H2,1-4H3. The van der Waals surface area contributed by atoms with E-state index in [0.717, 1.165) is 5.92 Å². The molecular weight excluding hydrogens is 202 g/mol. The van der Waals surface area contributed by atoms with E-state index in [1.807, 2.05) is 0 Å². The van der Waals surface area contributed by atoms with Crippen molar-refractivity contribution in [1.82, 2.24) is 0 Å². The summed E-state index contributed by atoms with van der Waals surface area (Å²) in [5, 5.41) is 0.0194. The van der Waals surface area contributed by atoms with Crippen LogP contribution in [0.1, 0.15) is 72.1 Å². The first-order chi connectivity index (χ1) is 7.92. The van der Waals surface area contributed by atoms with Crippen LogP contribution in [-0.2, 0) is 0 Å². The van der Waals surface area contributed by atoms with E-state index in [4.69, 9.17) is 7.85 Å². The van der Waals surface area contributed by atoms with Gasteiger partial charge in [-0.2, -0.15) is 0 Å². The Labute approximate surface area is 111 Å². The molecule has 0 aromatic heterocycles. The minimum atomic E-state index is 0.0194. The van der Waals surface area contributed by atoms with E-state index in [0.29, 0.717) is 5.41 Å². The molecule has 3 radical (unpaired) electrons. The summed E-state index contributed by atoms with van der Waals surface area (Å²) in [5.74, 6) is 0.808. The lowest BCUT2D eigenvalue weighted by Gasteiger charge is -2.37. The number of rotatable bonds is 2. The van der Waals surface area contributed by atoms with Crippen LogP contribution in [-0.4, -0.2) is 15.1 Å². The third kappa shape index (κ3) is 4.38. The second-order valence-corrected chi connectivity index (χ2v) is 6.74. The summed E-state index contributed by atoms with van der Waals surface area (Å²) in [4.78, 5) is 0. The normalized spacial score (nSPS) is 36.8. The molecule has 0 aromatic rings. The van der Waals surface area contributed by atoms with Crippen molar-refractivity contribution in [2.45, 2.75) is 84.2 Å². The molecule has 0 bridgehead atoms. The second kappa shape index (κ2) is 6.34.